The molecule has 8 nitrogen and oxygen atoms in total. The summed E-state index contributed by atoms with van der Waals surface area (Å²) in [6, 6.07) is 5.83. The van der Waals surface area contributed by atoms with Crippen molar-refractivity contribution >= 4 is 23.2 Å². The zero-order valence-electron chi connectivity index (χ0n) is 17.5. The first-order valence-corrected chi connectivity index (χ1v) is 10.7. The van der Waals surface area contributed by atoms with Gasteiger partial charge in [-0.1, -0.05) is 11.2 Å². The van der Waals surface area contributed by atoms with Crippen molar-refractivity contribution in [1.82, 2.24) is 15.8 Å². The number of aromatic nitrogens is 1. The van der Waals surface area contributed by atoms with Gasteiger partial charge in [0.05, 0.1) is 17.1 Å². The highest BCUT2D eigenvalue weighted by molar-refractivity contribution is 6.00. The molecule has 30 heavy (non-hydrogen) atoms. The van der Waals surface area contributed by atoms with Crippen LogP contribution in [0.2, 0.25) is 0 Å². The van der Waals surface area contributed by atoms with Gasteiger partial charge in [0.1, 0.15) is 11.8 Å². The fraction of sp³-hybridized carbons (Fsp3) is 0.500. The molecule has 0 radical (unpaired) electrons. The van der Waals surface area contributed by atoms with Crippen LogP contribution in [-0.2, 0) is 9.59 Å². The maximum Gasteiger partial charge on any atom is 0.247 e. The van der Waals surface area contributed by atoms with Crippen molar-refractivity contribution in [2.75, 3.05) is 23.7 Å². The Kier molecular flexibility index (Phi) is 6.03. The van der Waals surface area contributed by atoms with Gasteiger partial charge in [-0.25, -0.2) is 0 Å². The maximum atomic E-state index is 12.9. The number of amides is 2. The highest BCUT2D eigenvalue weighted by atomic mass is 16.5. The predicted octanol–water partition coefficient (Wildman–Crippen LogP) is 2.73. The number of carbonyl (C=O) groups is 2. The molecular formula is C22H29N5O3. The lowest BCUT2D eigenvalue weighted by molar-refractivity contribution is -0.128. The molecule has 2 amide bonds. The largest absolute Gasteiger partial charge is 0.381 e. The first kappa shape index (κ1) is 20.4. The monoisotopic (exact) mass is 411 g/mol. The highest BCUT2D eigenvalue weighted by Gasteiger charge is 2.26. The minimum atomic E-state index is -0.499. The van der Waals surface area contributed by atoms with Gasteiger partial charge >= 0.3 is 0 Å². The van der Waals surface area contributed by atoms with Gasteiger partial charge in [0.15, 0.2) is 0 Å². The predicted molar refractivity (Wildman–Crippen MR) is 115 cm³/mol. The molecule has 0 saturated carbocycles. The third-order valence-corrected chi connectivity index (χ3v) is 5.85. The second-order valence-electron chi connectivity index (χ2n) is 8.13. The van der Waals surface area contributed by atoms with E-state index in [0.717, 1.165) is 60.6 Å². The van der Waals surface area contributed by atoms with E-state index in [4.69, 9.17) is 4.52 Å². The Morgan fingerprint density at radius 2 is 1.97 bits per heavy atom. The van der Waals surface area contributed by atoms with Crippen molar-refractivity contribution < 1.29 is 14.1 Å². The number of nitrogens with zero attached hydrogens (tertiary/aromatic N) is 1. The first-order valence-electron chi connectivity index (χ1n) is 10.7. The summed E-state index contributed by atoms with van der Waals surface area (Å²) in [6.07, 6.45) is 3.91. The van der Waals surface area contributed by atoms with Crippen LogP contribution < -0.4 is 21.3 Å². The molecule has 2 aliphatic heterocycles. The molecule has 2 fully saturated rings. The normalized spacial score (nSPS) is 19.9. The lowest BCUT2D eigenvalue weighted by Crippen LogP contribution is -2.46. The SMILES string of the molecule is Cc1noc(C)c1-c1ccc(NC2CCNCC2)c(NC(=O)[C@@H]2CCCC(=O)N2)c1. The summed E-state index contributed by atoms with van der Waals surface area (Å²) >= 11 is 0. The third-order valence-electron chi connectivity index (χ3n) is 5.85. The number of piperidine rings is 2. The zero-order valence-corrected chi connectivity index (χ0v) is 17.5. The van der Waals surface area contributed by atoms with Gasteiger partial charge in [-0.15, -0.1) is 0 Å². The molecule has 0 unspecified atom stereocenters. The summed E-state index contributed by atoms with van der Waals surface area (Å²) in [5.41, 5.74) is 4.27. The summed E-state index contributed by atoms with van der Waals surface area (Å²) < 4.78 is 5.32. The summed E-state index contributed by atoms with van der Waals surface area (Å²) in [5.74, 6) is 0.481. The van der Waals surface area contributed by atoms with E-state index in [-0.39, 0.29) is 11.8 Å². The number of hydrogen-bond donors (Lipinski definition) is 4. The maximum absolute atomic E-state index is 12.9. The van der Waals surface area contributed by atoms with Crippen LogP contribution >= 0.6 is 0 Å². The van der Waals surface area contributed by atoms with Crippen LogP contribution in [0.5, 0.6) is 0 Å². The van der Waals surface area contributed by atoms with Crippen LogP contribution in [0.15, 0.2) is 22.7 Å². The van der Waals surface area contributed by atoms with Gasteiger partial charge < -0.3 is 25.8 Å². The molecule has 4 N–H and O–H groups in total. The molecule has 0 aliphatic carbocycles. The molecule has 0 bridgehead atoms. The molecule has 1 aromatic heterocycles. The molecule has 2 saturated heterocycles. The Morgan fingerprint density at radius 3 is 2.67 bits per heavy atom. The molecule has 3 heterocycles. The van der Waals surface area contributed by atoms with Gasteiger partial charge in [0.25, 0.3) is 0 Å². The molecule has 160 valence electrons. The number of carbonyl (C=O) groups excluding carboxylic acids is 2. The summed E-state index contributed by atoms with van der Waals surface area (Å²) in [4.78, 5) is 24.6. The van der Waals surface area contributed by atoms with Crippen LogP contribution in [0.4, 0.5) is 11.4 Å². The van der Waals surface area contributed by atoms with Gasteiger partial charge in [-0.3, -0.25) is 9.59 Å². The molecule has 2 aliphatic rings. The lowest BCUT2D eigenvalue weighted by atomic mass is 10.0. The van der Waals surface area contributed by atoms with Crippen molar-refractivity contribution in [2.45, 2.75) is 58.0 Å². The minimum Gasteiger partial charge on any atom is -0.381 e. The van der Waals surface area contributed by atoms with E-state index in [1.165, 1.54) is 0 Å². The van der Waals surface area contributed by atoms with Gasteiger partial charge in [0, 0.05) is 18.0 Å². The van der Waals surface area contributed by atoms with Crippen molar-refractivity contribution in [3.8, 4) is 11.1 Å². The van der Waals surface area contributed by atoms with Gasteiger partial charge in [-0.2, -0.15) is 0 Å². The van der Waals surface area contributed by atoms with E-state index in [0.29, 0.717) is 24.6 Å². The Balaban J connectivity index is 1.62. The Labute approximate surface area is 176 Å². The second kappa shape index (κ2) is 8.87. The summed E-state index contributed by atoms with van der Waals surface area (Å²) in [5, 5.41) is 16.8. The standard InChI is InChI=1S/C22H29N5O3/c1-13-21(14(2)30-27-13)15-6-7-17(24-16-8-10-23-11-9-16)19(12-15)26-22(29)18-4-3-5-20(28)25-18/h6-7,12,16,18,23-24H,3-5,8-11H2,1-2H3,(H,25,28)(H,26,29)/t18-/m0/s1. The minimum absolute atomic E-state index is 0.0704. The second-order valence-corrected chi connectivity index (χ2v) is 8.13. The van der Waals surface area contributed by atoms with Crippen molar-refractivity contribution in [1.29, 1.82) is 0 Å². The smallest absolute Gasteiger partial charge is 0.247 e. The Morgan fingerprint density at radius 1 is 1.17 bits per heavy atom. The first-order chi connectivity index (χ1) is 14.5. The van der Waals surface area contributed by atoms with E-state index >= 15 is 0 Å². The Hall–Kier alpha value is -2.87. The number of anilines is 2. The Bertz CT molecular complexity index is 913. The van der Waals surface area contributed by atoms with Crippen LogP contribution in [0.1, 0.15) is 43.6 Å². The molecular weight excluding hydrogens is 382 g/mol. The average molecular weight is 412 g/mol. The molecule has 8 heteroatoms. The van der Waals surface area contributed by atoms with E-state index in [1.54, 1.807) is 0 Å². The fourth-order valence-corrected chi connectivity index (χ4v) is 4.23. The van der Waals surface area contributed by atoms with E-state index < -0.39 is 6.04 Å². The number of aryl methyl sites for hydroxylation is 2. The summed E-state index contributed by atoms with van der Waals surface area (Å²) in [6.45, 7) is 5.74. The topological polar surface area (TPSA) is 108 Å². The molecule has 1 aromatic carbocycles. The highest BCUT2D eigenvalue weighted by Crippen LogP contribution is 2.33. The average Bonchev–Trinajstić information content (AvgIpc) is 3.08. The number of benzene rings is 1. The molecule has 2 aromatic rings. The number of nitrogens with one attached hydrogen (secondary N) is 4. The third kappa shape index (κ3) is 4.48. The molecule has 1 atom stereocenters. The van der Waals surface area contributed by atoms with Gasteiger partial charge in [0.2, 0.25) is 11.8 Å². The van der Waals surface area contributed by atoms with E-state index in [1.807, 2.05) is 32.0 Å². The number of hydrogen-bond acceptors (Lipinski definition) is 6. The molecule has 0 spiro atoms. The van der Waals surface area contributed by atoms with Crippen LogP contribution in [0.25, 0.3) is 11.1 Å². The summed E-state index contributed by atoms with van der Waals surface area (Å²) in [7, 11) is 0. The van der Waals surface area contributed by atoms with E-state index in [9.17, 15) is 9.59 Å². The van der Waals surface area contributed by atoms with Crippen molar-refractivity contribution in [3.63, 3.8) is 0 Å². The lowest BCUT2D eigenvalue weighted by Gasteiger charge is -2.27. The molecule has 4 rings (SSSR count). The van der Waals surface area contributed by atoms with Crippen molar-refractivity contribution in [2.24, 2.45) is 0 Å². The van der Waals surface area contributed by atoms with Crippen LogP contribution in [-0.4, -0.2) is 42.1 Å². The van der Waals surface area contributed by atoms with Gasteiger partial charge in [-0.05, 0) is 70.3 Å². The fourth-order valence-electron chi connectivity index (χ4n) is 4.23. The van der Waals surface area contributed by atoms with Crippen molar-refractivity contribution in [3.05, 3.63) is 29.7 Å². The van der Waals surface area contributed by atoms with E-state index in [2.05, 4.69) is 26.4 Å². The quantitative estimate of drug-likeness (QED) is 0.603. The van der Waals surface area contributed by atoms with Crippen LogP contribution in [0.3, 0.4) is 0 Å². The number of rotatable bonds is 5. The van der Waals surface area contributed by atoms with Crippen LogP contribution in [0, 0.1) is 13.8 Å². The zero-order chi connectivity index (χ0) is 21.1.